The molecule has 3 amide bonds. The smallest absolute Gasteiger partial charge is 0.404 e. The zero-order valence-corrected chi connectivity index (χ0v) is 30.8. The van der Waals surface area contributed by atoms with Crippen molar-refractivity contribution in [2.45, 2.75) is 109 Å². The molecule has 2 unspecified atom stereocenters. The normalized spacial score (nSPS) is 28.7. The first-order valence-electron chi connectivity index (χ1n) is 18.2. The highest BCUT2D eigenvalue weighted by atomic mass is 19.4. The molecule has 4 fully saturated rings. The molecule has 0 radical (unpaired) electrons. The summed E-state index contributed by atoms with van der Waals surface area (Å²) in [5.74, 6) is 0.0663. The molecule has 4 N–H and O–H groups in total. The first kappa shape index (κ1) is 37.0. The number of amides is 3. The van der Waals surface area contributed by atoms with Gasteiger partial charge < -0.3 is 30.6 Å². The fourth-order valence-electron chi connectivity index (χ4n) is 8.90. The predicted molar refractivity (Wildman–Crippen MR) is 194 cm³/mol. The molecule has 5 aliphatic rings. The summed E-state index contributed by atoms with van der Waals surface area (Å²) >= 11 is 0. The Morgan fingerprint density at radius 3 is 2.53 bits per heavy atom. The van der Waals surface area contributed by atoms with Gasteiger partial charge in [0.2, 0.25) is 5.91 Å². The minimum Gasteiger partial charge on any atom is -0.404 e. The van der Waals surface area contributed by atoms with E-state index in [9.17, 15) is 27.6 Å². The first-order chi connectivity index (χ1) is 24.9. The van der Waals surface area contributed by atoms with E-state index < -0.39 is 59.5 Å². The molecule has 3 heterocycles. The molecule has 282 valence electrons. The number of carbonyl (C=O) groups excluding carboxylic acids is 2. The van der Waals surface area contributed by atoms with Gasteiger partial charge in [-0.1, -0.05) is 51.1 Å². The monoisotopic (exact) mass is 734 g/mol. The Balaban J connectivity index is 1.15. The van der Waals surface area contributed by atoms with Gasteiger partial charge in [0.05, 0.1) is 34.9 Å². The van der Waals surface area contributed by atoms with E-state index in [4.69, 9.17) is 9.31 Å². The molecule has 3 saturated carbocycles. The molecule has 3 aliphatic carbocycles. The number of aryl methyl sites for hydroxylation is 1. The molecule has 7 atom stereocenters. The van der Waals surface area contributed by atoms with E-state index in [0.717, 1.165) is 30.5 Å². The van der Waals surface area contributed by atoms with E-state index in [1.165, 1.54) is 22.9 Å². The summed E-state index contributed by atoms with van der Waals surface area (Å²) in [6.07, 6.45) is -0.867. The van der Waals surface area contributed by atoms with Gasteiger partial charge in [-0.2, -0.15) is 13.2 Å². The second kappa shape index (κ2) is 13.2. The van der Waals surface area contributed by atoms with Gasteiger partial charge in [-0.05, 0) is 86.6 Å². The maximum Gasteiger partial charge on any atom is 0.481 e. The Kier molecular flexibility index (Phi) is 9.20. The number of urea groups is 1. The summed E-state index contributed by atoms with van der Waals surface area (Å²) in [5.41, 5.74) is -1.24. The predicted octanol–water partition coefficient (Wildman–Crippen LogP) is 6.33. The highest BCUT2D eigenvalue weighted by Crippen LogP contribution is 2.64. The summed E-state index contributed by atoms with van der Waals surface area (Å²) < 4.78 is 54.5. The van der Waals surface area contributed by atoms with E-state index in [-0.39, 0.29) is 36.0 Å². The number of nitrogens with one attached hydrogen (secondary N) is 4. The van der Waals surface area contributed by atoms with Crippen LogP contribution in [0.4, 0.5) is 29.3 Å². The Labute approximate surface area is 307 Å². The van der Waals surface area contributed by atoms with Gasteiger partial charge in [-0.15, -0.1) is 0 Å². The van der Waals surface area contributed by atoms with Crippen molar-refractivity contribution in [3.63, 3.8) is 0 Å². The quantitative estimate of drug-likeness (QED) is 0.189. The van der Waals surface area contributed by atoms with Gasteiger partial charge in [0.15, 0.2) is 0 Å². The number of fused-ring (bicyclic) bond motifs is 1. The second-order valence-electron chi connectivity index (χ2n) is 16.1. The van der Waals surface area contributed by atoms with Crippen molar-refractivity contribution in [1.29, 1.82) is 0 Å². The maximum atomic E-state index is 14.3. The number of halogens is 3. The van der Waals surface area contributed by atoms with E-state index in [0.29, 0.717) is 29.5 Å². The minimum absolute atomic E-state index is 0.000442. The Morgan fingerprint density at radius 2 is 1.83 bits per heavy atom. The number of alkyl halides is 3. The molecule has 1 aromatic heterocycles. The molecule has 2 aliphatic heterocycles. The van der Waals surface area contributed by atoms with Crippen LogP contribution in [0, 0.1) is 24.2 Å². The lowest BCUT2D eigenvalue weighted by molar-refractivity contribution is -0.185. The number of hydrogen-bond acceptors (Lipinski definition) is 7. The van der Waals surface area contributed by atoms with Gasteiger partial charge in [0, 0.05) is 18.7 Å². The van der Waals surface area contributed by atoms with Crippen LogP contribution < -0.4 is 26.8 Å². The molecular weight excluding hydrogens is 688 g/mol. The Morgan fingerprint density at radius 1 is 1.08 bits per heavy atom. The largest absolute Gasteiger partial charge is 0.481 e. The van der Waals surface area contributed by atoms with Crippen molar-refractivity contribution in [2.75, 3.05) is 10.6 Å². The number of hydrogen-bond donors (Lipinski definition) is 4. The van der Waals surface area contributed by atoms with Gasteiger partial charge in [-0.25, -0.2) is 9.78 Å². The van der Waals surface area contributed by atoms with E-state index in [1.807, 2.05) is 26.0 Å². The highest BCUT2D eigenvalue weighted by Gasteiger charge is 2.67. The molecule has 3 aromatic rings. The topological polar surface area (TPSA) is 136 Å². The minimum atomic E-state index is -4.52. The Bertz CT molecular complexity index is 1990. The van der Waals surface area contributed by atoms with Crippen LogP contribution >= 0.6 is 0 Å². The lowest BCUT2D eigenvalue weighted by atomic mass is 9.45. The first-order valence-corrected chi connectivity index (χ1v) is 18.2. The van der Waals surface area contributed by atoms with Crippen LogP contribution in [0.1, 0.15) is 88.9 Å². The average Bonchev–Trinajstić information content (AvgIpc) is 3.61. The van der Waals surface area contributed by atoms with Crippen LogP contribution in [0.2, 0.25) is 0 Å². The van der Waals surface area contributed by atoms with Crippen LogP contribution in [-0.4, -0.2) is 46.3 Å². The van der Waals surface area contributed by atoms with E-state index in [1.54, 1.807) is 19.1 Å². The van der Waals surface area contributed by atoms with Crippen molar-refractivity contribution in [1.82, 2.24) is 20.2 Å². The van der Waals surface area contributed by atoms with Crippen molar-refractivity contribution in [2.24, 2.45) is 17.3 Å². The van der Waals surface area contributed by atoms with Crippen LogP contribution in [0.15, 0.2) is 59.5 Å². The molecule has 1 saturated heterocycles. The molecule has 11 nitrogen and oxygen atoms in total. The molecule has 0 spiro atoms. The number of benzene rings is 2. The van der Waals surface area contributed by atoms with Crippen LogP contribution in [0.25, 0.3) is 0 Å². The zero-order valence-electron chi connectivity index (χ0n) is 30.8. The molecule has 8 rings (SSSR count). The second-order valence-corrected chi connectivity index (χ2v) is 16.1. The highest BCUT2D eigenvalue weighted by molar-refractivity contribution is 6.47. The molecule has 2 aromatic carbocycles. The number of anilines is 2. The van der Waals surface area contributed by atoms with Crippen molar-refractivity contribution in [3.05, 3.63) is 87.6 Å². The third-order valence-corrected chi connectivity index (χ3v) is 12.2. The van der Waals surface area contributed by atoms with Gasteiger partial charge in [0.25, 0.3) is 5.56 Å². The fraction of sp³-hybridized carbons (Fsp3) is 0.526. The van der Waals surface area contributed by atoms with Crippen LogP contribution in [0.5, 0.6) is 0 Å². The number of aromatic nitrogens is 2. The summed E-state index contributed by atoms with van der Waals surface area (Å²) in [6.45, 7) is 12.0. The lowest BCUT2D eigenvalue weighted by Crippen LogP contribution is -2.63. The van der Waals surface area contributed by atoms with Gasteiger partial charge in [-0.3, -0.25) is 14.2 Å². The number of rotatable bonds is 9. The maximum absolute atomic E-state index is 14.3. The number of nitrogens with zero attached hydrogens (tertiary/aromatic N) is 2. The van der Waals surface area contributed by atoms with Crippen molar-refractivity contribution >= 4 is 30.4 Å². The van der Waals surface area contributed by atoms with Crippen LogP contribution in [-0.2, 0) is 32.4 Å². The zero-order chi connectivity index (χ0) is 38.1. The number of carbonyl (C=O) groups is 2. The van der Waals surface area contributed by atoms with E-state index >= 15 is 0 Å². The number of para-hydroxylation sites is 1. The van der Waals surface area contributed by atoms with Crippen molar-refractivity contribution in [3.8, 4) is 0 Å². The van der Waals surface area contributed by atoms with E-state index in [2.05, 4.69) is 47.0 Å². The molecule has 2 bridgehead atoms. The average molecular weight is 735 g/mol. The lowest BCUT2D eigenvalue weighted by Gasteiger charge is -2.63. The summed E-state index contributed by atoms with van der Waals surface area (Å²) in [5, 5.41) is 11.8. The summed E-state index contributed by atoms with van der Waals surface area (Å²) in [4.78, 5) is 46.5. The van der Waals surface area contributed by atoms with Crippen LogP contribution in [0.3, 0.4) is 0 Å². The van der Waals surface area contributed by atoms with Gasteiger partial charge in [0.1, 0.15) is 17.6 Å². The summed E-state index contributed by atoms with van der Waals surface area (Å²) in [7, 11) is -0.685. The SMILES string of the molecule is CC[C@H](NC(=O)[C@@H]1C[C@@](C)(NC(=O)Nc2ccccc2C)c2ncc(NCc3cccc(C(F)(F)F)c3)c(=O)n21)B1O[C@@H]2C3CC(C[C@]2(C)O1)C3(C)C. The molecule has 15 heteroatoms. The fourth-order valence-corrected chi connectivity index (χ4v) is 8.90. The third-order valence-electron chi connectivity index (χ3n) is 12.2. The van der Waals surface area contributed by atoms with Gasteiger partial charge >= 0.3 is 19.3 Å². The third kappa shape index (κ3) is 6.60. The molecule has 53 heavy (non-hydrogen) atoms. The summed E-state index contributed by atoms with van der Waals surface area (Å²) in [6, 6.07) is 10.4. The standard InChI is InChI=1S/C38H46BF3N6O5/c1-7-29(39-52-30-25-16-24(35(25,3)4)17-37(30,6)53-39)46-31(49)28-18-36(5,47-34(51)45-26-14-9-8-11-21(26)2)33-44-20-27(32(50)48(28)33)43-19-22-12-10-13-23(15-22)38(40,41)42/h8-15,20,24-25,28-30,43H,7,16-19H2,1-6H3,(H,46,49)(H2,45,47,51)/t24?,25?,28-,29-,30+,36+,37-/m0/s1. The Hall–Kier alpha value is -4.37. The molecular formula is C38H46BF3N6O5. The van der Waals surface area contributed by atoms with Crippen molar-refractivity contribution < 1.29 is 32.1 Å².